The molecule has 0 spiro atoms. The van der Waals surface area contributed by atoms with Crippen molar-refractivity contribution in [3.8, 4) is 0 Å². The van der Waals surface area contributed by atoms with Crippen LogP contribution in [0.1, 0.15) is 5.56 Å². The van der Waals surface area contributed by atoms with E-state index in [4.69, 9.17) is 34.8 Å². The second-order valence-electron chi connectivity index (χ2n) is 4.71. The minimum Gasteiger partial charge on any atom is -0.272 e. The van der Waals surface area contributed by atoms with Gasteiger partial charge in [0.05, 0.1) is 27.7 Å². The Balaban J connectivity index is 1.92. The Morgan fingerprint density at radius 1 is 1.04 bits per heavy atom. The van der Waals surface area contributed by atoms with Crippen molar-refractivity contribution in [3.05, 3.63) is 63.1 Å². The smallest absolute Gasteiger partial charge is 0.255 e. The molecule has 0 saturated carbocycles. The highest BCUT2D eigenvalue weighted by Crippen LogP contribution is 2.22. The maximum atomic E-state index is 12.0. The second-order valence-corrected chi connectivity index (χ2v) is 7.72. The summed E-state index contributed by atoms with van der Waals surface area (Å²) in [4.78, 5) is 11.7. The van der Waals surface area contributed by atoms with Crippen molar-refractivity contribution in [2.45, 2.75) is 4.90 Å². The van der Waals surface area contributed by atoms with Crippen molar-refractivity contribution >= 4 is 56.9 Å². The summed E-state index contributed by atoms with van der Waals surface area (Å²) in [5.74, 6) is -0.656. The lowest BCUT2D eigenvalue weighted by molar-refractivity contribution is -0.119. The summed E-state index contributed by atoms with van der Waals surface area (Å²) in [6.07, 6.45) is 1.27. The minimum absolute atomic E-state index is 0.00366. The van der Waals surface area contributed by atoms with Crippen LogP contribution in [0.25, 0.3) is 0 Å². The van der Waals surface area contributed by atoms with Crippen molar-refractivity contribution in [2.24, 2.45) is 5.10 Å². The Morgan fingerprint density at radius 2 is 1.64 bits per heavy atom. The van der Waals surface area contributed by atoms with E-state index in [9.17, 15) is 13.2 Å². The van der Waals surface area contributed by atoms with E-state index in [0.717, 1.165) is 0 Å². The molecule has 2 rings (SSSR count). The molecule has 0 unspecified atom stereocenters. The van der Waals surface area contributed by atoms with Crippen LogP contribution in [-0.4, -0.2) is 27.1 Å². The van der Waals surface area contributed by atoms with E-state index in [1.807, 2.05) is 0 Å². The average Bonchev–Trinajstić information content (AvgIpc) is 2.56. The van der Waals surface area contributed by atoms with Crippen LogP contribution in [0.4, 0.5) is 0 Å². The number of carbonyl (C=O) groups excluding carboxylic acids is 1. The van der Waals surface area contributed by atoms with Crippen LogP contribution in [0, 0.1) is 0 Å². The molecule has 2 aromatic carbocycles. The first-order valence-electron chi connectivity index (χ1n) is 6.81. The van der Waals surface area contributed by atoms with Crippen LogP contribution in [0.5, 0.6) is 0 Å². The molecule has 0 bridgehead atoms. The van der Waals surface area contributed by atoms with E-state index in [-0.39, 0.29) is 4.90 Å². The Bertz CT molecular complexity index is 880. The fourth-order valence-electron chi connectivity index (χ4n) is 1.70. The minimum atomic E-state index is -3.83. The molecule has 0 heterocycles. The van der Waals surface area contributed by atoms with E-state index in [1.165, 1.54) is 30.5 Å². The maximum Gasteiger partial charge on any atom is 0.255 e. The van der Waals surface area contributed by atoms with Gasteiger partial charge in [0, 0.05) is 10.6 Å². The fraction of sp³-hybridized carbons (Fsp3) is 0.0667. The van der Waals surface area contributed by atoms with Gasteiger partial charge >= 0.3 is 0 Å². The zero-order chi connectivity index (χ0) is 18.4. The molecule has 2 aromatic rings. The Kier molecular flexibility index (Phi) is 6.80. The molecule has 25 heavy (non-hydrogen) atoms. The molecular weight excluding hydrogens is 409 g/mol. The van der Waals surface area contributed by atoms with Gasteiger partial charge in [0.15, 0.2) is 0 Å². The zero-order valence-electron chi connectivity index (χ0n) is 12.5. The SMILES string of the molecule is O=C(CNS(=O)(=O)c1ccc(Cl)cc1)NN=Cc1c(Cl)cccc1Cl. The molecule has 6 nitrogen and oxygen atoms in total. The predicted molar refractivity (Wildman–Crippen MR) is 98.8 cm³/mol. The number of amides is 1. The number of carbonyl (C=O) groups is 1. The molecule has 0 saturated heterocycles. The lowest BCUT2D eigenvalue weighted by atomic mass is 10.2. The molecule has 0 aliphatic heterocycles. The van der Waals surface area contributed by atoms with E-state index in [1.54, 1.807) is 18.2 Å². The molecule has 1 amide bonds. The van der Waals surface area contributed by atoms with Crippen molar-refractivity contribution in [1.29, 1.82) is 0 Å². The third kappa shape index (κ3) is 5.69. The fourth-order valence-corrected chi connectivity index (χ4v) is 3.30. The number of nitrogens with one attached hydrogen (secondary N) is 2. The van der Waals surface area contributed by atoms with Crippen LogP contribution in [-0.2, 0) is 14.8 Å². The quantitative estimate of drug-likeness (QED) is 0.556. The molecule has 0 aliphatic rings. The first-order valence-corrected chi connectivity index (χ1v) is 9.42. The third-order valence-electron chi connectivity index (χ3n) is 2.93. The number of halogens is 3. The summed E-state index contributed by atoms with van der Waals surface area (Å²) < 4.78 is 26.2. The van der Waals surface area contributed by atoms with E-state index in [0.29, 0.717) is 20.6 Å². The molecule has 0 radical (unpaired) electrons. The van der Waals surface area contributed by atoms with Gasteiger partial charge in [0.25, 0.3) is 5.91 Å². The Morgan fingerprint density at radius 3 is 2.24 bits per heavy atom. The van der Waals surface area contributed by atoms with Crippen LogP contribution in [0.15, 0.2) is 52.5 Å². The van der Waals surface area contributed by atoms with Crippen LogP contribution in [0.2, 0.25) is 15.1 Å². The number of rotatable bonds is 6. The van der Waals surface area contributed by atoms with Gasteiger partial charge in [-0.3, -0.25) is 4.79 Å². The van der Waals surface area contributed by atoms with Crippen molar-refractivity contribution in [1.82, 2.24) is 10.1 Å². The van der Waals surface area contributed by atoms with Crippen molar-refractivity contribution < 1.29 is 13.2 Å². The maximum absolute atomic E-state index is 12.0. The molecule has 2 N–H and O–H groups in total. The number of hydrazone groups is 1. The first-order chi connectivity index (χ1) is 11.8. The molecule has 0 aliphatic carbocycles. The Labute approximate surface area is 159 Å². The normalized spacial score (nSPS) is 11.6. The van der Waals surface area contributed by atoms with E-state index < -0.39 is 22.5 Å². The number of nitrogens with zero attached hydrogens (tertiary/aromatic N) is 1. The van der Waals surface area contributed by atoms with E-state index in [2.05, 4.69) is 15.2 Å². The van der Waals surface area contributed by atoms with Crippen LogP contribution in [0.3, 0.4) is 0 Å². The Hall–Kier alpha value is -1.64. The number of hydrogen-bond acceptors (Lipinski definition) is 4. The first kappa shape index (κ1) is 19.7. The molecular formula is C15H12Cl3N3O3S. The topological polar surface area (TPSA) is 87.6 Å². The van der Waals surface area contributed by atoms with Gasteiger partial charge in [-0.05, 0) is 36.4 Å². The zero-order valence-corrected chi connectivity index (χ0v) is 15.6. The predicted octanol–water partition coefficient (Wildman–Crippen LogP) is 3.08. The van der Waals surface area contributed by atoms with Crippen LogP contribution < -0.4 is 10.1 Å². The van der Waals surface area contributed by atoms with E-state index >= 15 is 0 Å². The summed E-state index contributed by atoms with van der Waals surface area (Å²) in [5, 5.41) is 4.85. The highest BCUT2D eigenvalue weighted by atomic mass is 35.5. The lowest BCUT2D eigenvalue weighted by Gasteiger charge is -2.06. The molecule has 10 heteroatoms. The monoisotopic (exact) mass is 419 g/mol. The lowest BCUT2D eigenvalue weighted by Crippen LogP contribution is -2.34. The third-order valence-corrected chi connectivity index (χ3v) is 5.26. The summed E-state index contributed by atoms with van der Waals surface area (Å²) in [5.41, 5.74) is 2.62. The summed E-state index contributed by atoms with van der Waals surface area (Å²) in [6, 6.07) is 10.5. The molecule has 132 valence electrons. The largest absolute Gasteiger partial charge is 0.272 e. The molecule has 0 fully saturated rings. The van der Waals surface area contributed by atoms with Gasteiger partial charge in [0.1, 0.15) is 0 Å². The summed E-state index contributed by atoms with van der Waals surface area (Å²) in [6.45, 7) is -0.488. The van der Waals surface area contributed by atoms with Gasteiger partial charge in [-0.25, -0.2) is 18.6 Å². The number of sulfonamides is 1. The van der Waals surface area contributed by atoms with Crippen molar-refractivity contribution in [3.63, 3.8) is 0 Å². The van der Waals surface area contributed by atoms with Crippen molar-refractivity contribution in [2.75, 3.05) is 6.54 Å². The molecule has 0 atom stereocenters. The number of benzene rings is 2. The van der Waals surface area contributed by atoms with Gasteiger partial charge in [-0.2, -0.15) is 5.10 Å². The highest BCUT2D eigenvalue weighted by Gasteiger charge is 2.15. The highest BCUT2D eigenvalue weighted by molar-refractivity contribution is 7.89. The number of hydrogen-bond donors (Lipinski definition) is 2. The average molecular weight is 421 g/mol. The standard InChI is InChI=1S/C15H12Cl3N3O3S/c16-10-4-6-11(7-5-10)25(23,24)20-9-15(22)21-19-8-12-13(17)2-1-3-14(12)18/h1-8,20H,9H2,(H,21,22). The second kappa shape index (κ2) is 8.64. The summed E-state index contributed by atoms with van der Waals surface area (Å²) >= 11 is 17.6. The summed E-state index contributed by atoms with van der Waals surface area (Å²) in [7, 11) is -3.83. The van der Waals surface area contributed by atoms with Gasteiger partial charge in [-0.1, -0.05) is 40.9 Å². The van der Waals surface area contributed by atoms with Gasteiger partial charge in [0.2, 0.25) is 10.0 Å². The van der Waals surface area contributed by atoms with Gasteiger partial charge < -0.3 is 0 Å². The molecule has 0 aromatic heterocycles. The van der Waals surface area contributed by atoms with Gasteiger partial charge in [-0.15, -0.1) is 0 Å². The van der Waals surface area contributed by atoms with Crippen LogP contribution >= 0.6 is 34.8 Å².